The summed E-state index contributed by atoms with van der Waals surface area (Å²) >= 11 is 0. The molecule has 3 nitrogen and oxygen atoms in total. The fourth-order valence-electron chi connectivity index (χ4n) is 2.27. The Morgan fingerprint density at radius 2 is 1.80 bits per heavy atom. The van der Waals surface area contributed by atoms with E-state index in [1.54, 1.807) is 19.0 Å². The van der Waals surface area contributed by atoms with Gasteiger partial charge in [-0.15, -0.1) is 0 Å². The molecule has 1 atom stereocenters. The summed E-state index contributed by atoms with van der Waals surface area (Å²) in [6.45, 7) is 6.93. The number of amides is 1. The first-order chi connectivity index (χ1) is 9.45. The van der Waals surface area contributed by atoms with E-state index in [1.807, 2.05) is 0 Å². The molecule has 0 radical (unpaired) electrons. The van der Waals surface area contributed by atoms with Crippen molar-refractivity contribution in [2.45, 2.75) is 39.7 Å². The lowest BCUT2D eigenvalue weighted by molar-refractivity contribution is -0.127. The summed E-state index contributed by atoms with van der Waals surface area (Å²) in [7, 11) is 3.57. The van der Waals surface area contributed by atoms with Crippen LogP contribution in [0.4, 0.5) is 0 Å². The average molecular weight is 276 g/mol. The largest absolute Gasteiger partial charge is 0.348 e. The third-order valence-electron chi connectivity index (χ3n) is 3.52. The molecule has 1 aromatic rings. The second kappa shape index (κ2) is 8.05. The Morgan fingerprint density at radius 1 is 1.20 bits per heavy atom. The van der Waals surface area contributed by atoms with E-state index in [2.05, 4.69) is 50.4 Å². The summed E-state index contributed by atoms with van der Waals surface area (Å²) in [5, 5.41) is 3.38. The smallest absolute Gasteiger partial charge is 0.236 e. The Balaban J connectivity index is 2.72. The highest BCUT2D eigenvalue weighted by Gasteiger charge is 2.16. The molecular formula is C17H28N2O. The van der Waals surface area contributed by atoms with Gasteiger partial charge in [0.25, 0.3) is 0 Å². The maximum atomic E-state index is 11.7. The number of rotatable bonds is 7. The summed E-state index contributed by atoms with van der Waals surface area (Å²) in [5.41, 5.74) is 2.63. The van der Waals surface area contributed by atoms with Crippen molar-refractivity contribution in [2.24, 2.45) is 5.92 Å². The van der Waals surface area contributed by atoms with Crippen LogP contribution in [0.25, 0.3) is 0 Å². The standard InChI is InChI=1S/C17H28N2O/c1-6-7-14-8-10-15(11-9-14)17(13(2)3)18-12-16(20)19(4)5/h8-11,13,17-18H,6-7,12H2,1-5H3. The molecule has 1 aromatic carbocycles. The normalized spacial score (nSPS) is 12.5. The van der Waals surface area contributed by atoms with Crippen molar-refractivity contribution in [3.05, 3.63) is 35.4 Å². The zero-order valence-corrected chi connectivity index (χ0v) is 13.4. The SMILES string of the molecule is CCCc1ccc(C(NCC(=O)N(C)C)C(C)C)cc1. The van der Waals surface area contributed by atoms with E-state index < -0.39 is 0 Å². The highest BCUT2D eigenvalue weighted by Crippen LogP contribution is 2.22. The molecule has 1 rings (SSSR count). The van der Waals surface area contributed by atoms with Crippen LogP contribution in [0, 0.1) is 5.92 Å². The molecule has 0 spiro atoms. The van der Waals surface area contributed by atoms with Crippen molar-refractivity contribution >= 4 is 5.91 Å². The Kier molecular flexibility index (Phi) is 6.73. The van der Waals surface area contributed by atoms with Crippen molar-refractivity contribution in [3.8, 4) is 0 Å². The van der Waals surface area contributed by atoms with Crippen LogP contribution >= 0.6 is 0 Å². The van der Waals surface area contributed by atoms with Gasteiger partial charge in [0, 0.05) is 20.1 Å². The van der Waals surface area contributed by atoms with E-state index in [0.717, 1.165) is 6.42 Å². The van der Waals surface area contributed by atoms with E-state index >= 15 is 0 Å². The van der Waals surface area contributed by atoms with Gasteiger partial charge < -0.3 is 10.2 Å². The molecular weight excluding hydrogens is 248 g/mol. The van der Waals surface area contributed by atoms with Crippen LogP contribution < -0.4 is 5.32 Å². The average Bonchev–Trinajstić information content (AvgIpc) is 2.40. The summed E-state index contributed by atoms with van der Waals surface area (Å²) in [5.74, 6) is 0.556. The van der Waals surface area contributed by atoms with E-state index in [0.29, 0.717) is 12.5 Å². The lowest BCUT2D eigenvalue weighted by Gasteiger charge is -2.24. The van der Waals surface area contributed by atoms with Crippen molar-refractivity contribution in [2.75, 3.05) is 20.6 Å². The molecule has 0 fully saturated rings. The monoisotopic (exact) mass is 276 g/mol. The molecule has 1 N–H and O–H groups in total. The topological polar surface area (TPSA) is 32.3 Å². The van der Waals surface area contributed by atoms with Crippen LogP contribution in [0.1, 0.15) is 44.4 Å². The molecule has 0 aliphatic heterocycles. The number of carbonyl (C=O) groups excluding carboxylic acids is 1. The molecule has 0 saturated carbocycles. The van der Waals surface area contributed by atoms with Gasteiger partial charge in [-0.2, -0.15) is 0 Å². The Bertz CT molecular complexity index is 410. The zero-order valence-electron chi connectivity index (χ0n) is 13.4. The quantitative estimate of drug-likeness (QED) is 0.830. The number of hydrogen-bond acceptors (Lipinski definition) is 2. The van der Waals surface area contributed by atoms with Crippen molar-refractivity contribution in [1.29, 1.82) is 0 Å². The third-order valence-corrected chi connectivity index (χ3v) is 3.52. The maximum absolute atomic E-state index is 11.7. The molecule has 20 heavy (non-hydrogen) atoms. The van der Waals surface area contributed by atoms with Crippen molar-refractivity contribution in [1.82, 2.24) is 10.2 Å². The summed E-state index contributed by atoms with van der Waals surface area (Å²) in [6, 6.07) is 8.98. The van der Waals surface area contributed by atoms with Gasteiger partial charge in [0.1, 0.15) is 0 Å². The van der Waals surface area contributed by atoms with Crippen LogP contribution in [0.15, 0.2) is 24.3 Å². The van der Waals surface area contributed by atoms with Crippen LogP contribution in [0.3, 0.4) is 0 Å². The van der Waals surface area contributed by atoms with Gasteiger partial charge in [-0.1, -0.05) is 51.5 Å². The number of carbonyl (C=O) groups is 1. The molecule has 0 aliphatic rings. The Morgan fingerprint density at radius 3 is 2.25 bits per heavy atom. The van der Waals surface area contributed by atoms with Crippen molar-refractivity contribution < 1.29 is 4.79 Å². The molecule has 1 unspecified atom stereocenters. The first-order valence-electron chi connectivity index (χ1n) is 7.48. The number of likely N-dealkylation sites (N-methyl/N-ethyl adjacent to an activating group) is 1. The molecule has 0 saturated heterocycles. The van der Waals surface area contributed by atoms with E-state index in [-0.39, 0.29) is 11.9 Å². The van der Waals surface area contributed by atoms with Crippen LogP contribution in [-0.4, -0.2) is 31.4 Å². The summed E-state index contributed by atoms with van der Waals surface area (Å²) in [4.78, 5) is 13.3. The first-order valence-corrected chi connectivity index (χ1v) is 7.48. The number of aryl methyl sites for hydroxylation is 1. The minimum atomic E-state index is 0.109. The van der Waals surface area contributed by atoms with Gasteiger partial charge in [0.05, 0.1) is 6.54 Å². The molecule has 0 heterocycles. The fourth-order valence-corrected chi connectivity index (χ4v) is 2.27. The van der Waals surface area contributed by atoms with Crippen LogP contribution in [-0.2, 0) is 11.2 Å². The lowest BCUT2D eigenvalue weighted by atomic mass is 9.94. The summed E-state index contributed by atoms with van der Waals surface area (Å²) in [6.07, 6.45) is 2.29. The van der Waals surface area contributed by atoms with Crippen LogP contribution in [0.2, 0.25) is 0 Å². The second-order valence-corrected chi connectivity index (χ2v) is 5.88. The number of nitrogens with one attached hydrogen (secondary N) is 1. The predicted octanol–water partition coefficient (Wildman–Crippen LogP) is 3.01. The van der Waals surface area contributed by atoms with Gasteiger partial charge in [0.2, 0.25) is 5.91 Å². The molecule has 3 heteroatoms. The van der Waals surface area contributed by atoms with Crippen LogP contribution in [0.5, 0.6) is 0 Å². The predicted molar refractivity (Wildman–Crippen MR) is 84.7 cm³/mol. The van der Waals surface area contributed by atoms with Gasteiger partial charge in [-0.3, -0.25) is 4.79 Å². The zero-order chi connectivity index (χ0) is 15.1. The maximum Gasteiger partial charge on any atom is 0.236 e. The fraction of sp³-hybridized carbons (Fsp3) is 0.588. The molecule has 112 valence electrons. The number of benzene rings is 1. The van der Waals surface area contributed by atoms with E-state index in [1.165, 1.54) is 17.5 Å². The van der Waals surface area contributed by atoms with E-state index in [4.69, 9.17) is 0 Å². The highest BCUT2D eigenvalue weighted by atomic mass is 16.2. The minimum Gasteiger partial charge on any atom is -0.348 e. The Labute approximate surface area is 123 Å². The van der Waals surface area contributed by atoms with Crippen molar-refractivity contribution in [3.63, 3.8) is 0 Å². The first kappa shape index (κ1) is 16.7. The molecule has 1 amide bonds. The number of nitrogens with zero attached hydrogens (tertiary/aromatic N) is 1. The second-order valence-electron chi connectivity index (χ2n) is 5.88. The van der Waals surface area contributed by atoms with Gasteiger partial charge in [-0.05, 0) is 23.5 Å². The van der Waals surface area contributed by atoms with Gasteiger partial charge in [0.15, 0.2) is 0 Å². The number of hydrogen-bond donors (Lipinski definition) is 1. The Hall–Kier alpha value is -1.35. The highest BCUT2D eigenvalue weighted by molar-refractivity contribution is 5.77. The summed E-state index contributed by atoms with van der Waals surface area (Å²) < 4.78 is 0. The molecule has 0 aliphatic carbocycles. The third kappa shape index (κ3) is 4.97. The van der Waals surface area contributed by atoms with Gasteiger partial charge in [-0.25, -0.2) is 0 Å². The van der Waals surface area contributed by atoms with E-state index in [9.17, 15) is 4.79 Å². The molecule has 0 bridgehead atoms. The van der Waals surface area contributed by atoms with Gasteiger partial charge >= 0.3 is 0 Å². The minimum absolute atomic E-state index is 0.109. The molecule has 0 aromatic heterocycles. The lowest BCUT2D eigenvalue weighted by Crippen LogP contribution is -2.36.